The summed E-state index contributed by atoms with van der Waals surface area (Å²) in [4.78, 5) is 0.254. The summed E-state index contributed by atoms with van der Waals surface area (Å²) in [7, 11) is 0. The Bertz CT molecular complexity index is 1260. The van der Waals surface area contributed by atoms with E-state index in [1.54, 1.807) is 30.3 Å². The molecular weight excluding hydrogens is 427 g/mol. The van der Waals surface area contributed by atoms with Gasteiger partial charge in [-0.05, 0) is 84.8 Å². The summed E-state index contributed by atoms with van der Waals surface area (Å²) in [6.07, 6.45) is 2.46. The smallest absolute Gasteiger partial charge is 0.142 e. The molecule has 32 heavy (non-hydrogen) atoms. The van der Waals surface area contributed by atoms with Gasteiger partial charge in [0.15, 0.2) is 0 Å². The van der Waals surface area contributed by atoms with Crippen molar-refractivity contribution in [1.82, 2.24) is 0 Å². The first-order valence-corrected chi connectivity index (χ1v) is 10.8. The summed E-state index contributed by atoms with van der Waals surface area (Å²) >= 11 is 0.757. The van der Waals surface area contributed by atoms with Gasteiger partial charge < -0.3 is 0 Å². The Labute approximate surface area is 190 Å². The Hall–Kier alpha value is -3.59. The zero-order valence-corrected chi connectivity index (χ0v) is 18.1. The van der Waals surface area contributed by atoms with E-state index in [-0.39, 0.29) is 10.5 Å². The molecule has 1 nitrogen and oxygen atoms in total. The first kappa shape index (κ1) is 23.1. The summed E-state index contributed by atoms with van der Waals surface area (Å²) in [5.74, 6) is 9.34. The van der Waals surface area contributed by atoms with Gasteiger partial charge in [-0.15, -0.1) is 0 Å². The Morgan fingerprint density at radius 3 is 1.88 bits per heavy atom. The first-order chi connectivity index (χ1) is 15.5. The molecule has 0 saturated carbocycles. The molecule has 5 heteroatoms. The highest BCUT2D eigenvalue weighted by Crippen LogP contribution is 2.21. The lowest BCUT2D eigenvalue weighted by Gasteiger charge is -2.03. The normalized spacial score (nSPS) is 9.84. The molecule has 0 unspecified atom stereocenters. The molecular formula is C27H18F3NS. The maximum atomic E-state index is 14.3. The van der Waals surface area contributed by atoms with Crippen molar-refractivity contribution < 1.29 is 13.2 Å². The lowest BCUT2D eigenvalue weighted by molar-refractivity contribution is 0.572. The van der Waals surface area contributed by atoms with E-state index in [2.05, 4.69) is 23.7 Å². The fourth-order valence-corrected chi connectivity index (χ4v) is 3.29. The fraction of sp³-hybridized carbons (Fsp3) is 0.148. The highest BCUT2D eigenvalue weighted by molar-refractivity contribution is 8.03. The summed E-state index contributed by atoms with van der Waals surface area (Å²) in [6, 6.07) is 14.0. The second-order valence-electron chi connectivity index (χ2n) is 6.95. The van der Waals surface area contributed by atoms with Crippen LogP contribution in [0.2, 0.25) is 0 Å². The molecule has 0 aromatic heterocycles. The molecule has 0 saturated heterocycles. The average molecular weight is 446 g/mol. The second kappa shape index (κ2) is 11.1. The van der Waals surface area contributed by atoms with E-state index in [9.17, 15) is 13.2 Å². The highest BCUT2D eigenvalue weighted by Gasteiger charge is 2.09. The topological polar surface area (TPSA) is 23.8 Å². The number of nitrogens with zero attached hydrogens (tertiary/aromatic N) is 1. The van der Waals surface area contributed by atoms with Crippen molar-refractivity contribution in [1.29, 1.82) is 5.26 Å². The van der Waals surface area contributed by atoms with Crippen molar-refractivity contribution in [2.75, 3.05) is 0 Å². The second-order valence-corrected chi connectivity index (χ2v) is 7.78. The van der Waals surface area contributed by atoms with Crippen LogP contribution < -0.4 is 0 Å². The minimum Gasteiger partial charge on any atom is -0.206 e. The van der Waals surface area contributed by atoms with E-state index in [4.69, 9.17) is 5.26 Å². The van der Waals surface area contributed by atoms with E-state index in [1.807, 2.05) is 12.3 Å². The van der Waals surface area contributed by atoms with E-state index in [0.29, 0.717) is 28.7 Å². The molecule has 0 radical (unpaired) electrons. The molecule has 158 valence electrons. The van der Waals surface area contributed by atoms with Gasteiger partial charge in [0.25, 0.3) is 0 Å². The lowest BCUT2D eigenvalue weighted by Crippen LogP contribution is -1.95. The van der Waals surface area contributed by atoms with Crippen molar-refractivity contribution in [3.63, 3.8) is 0 Å². The van der Waals surface area contributed by atoms with Crippen LogP contribution in [-0.2, 0) is 6.42 Å². The van der Waals surface area contributed by atoms with Gasteiger partial charge in [-0.2, -0.15) is 5.26 Å². The van der Waals surface area contributed by atoms with Crippen molar-refractivity contribution in [3.05, 3.63) is 99.9 Å². The van der Waals surface area contributed by atoms with Crippen LogP contribution in [0.4, 0.5) is 13.2 Å². The van der Waals surface area contributed by atoms with E-state index < -0.39 is 17.5 Å². The standard InChI is InChI=1S/C27H18F3NS/c1-2-3-4-22-16-24(28)23(25(29)17-22)13-11-20-7-5-19(6-8-20)9-10-21-12-14-27(32-18-31)26(30)15-21/h5-8,12,14-17H,2-4H2,1H3. The number of nitriles is 1. The molecule has 0 amide bonds. The molecule has 3 aromatic carbocycles. The SMILES string of the molecule is CCCCc1cc(F)c(C#Cc2ccc(C#Cc3ccc(SC#N)c(F)c3)cc2)c(F)c1. The predicted octanol–water partition coefficient (Wildman–Crippen LogP) is 6.82. The number of benzene rings is 3. The van der Waals surface area contributed by atoms with Crippen LogP contribution in [0.5, 0.6) is 0 Å². The van der Waals surface area contributed by atoms with Crippen molar-refractivity contribution in [2.45, 2.75) is 31.1 Å². The molecule has 3 aromatic rings. The zero-order valence-electron chi connectivity index (χ0n) is 17.3. The Morgan fingerprint density at radius 2 is 1.31 bits per heavy atom. The third-order valence-corrected chi connectivity index (χ3v) is 5.22. The van der Waals surface area contributed by atoms with Crippen molar-refractivity contribution in [3.8, 4) is 29.1 Å². The molecule has 0 aliphatic heterocycles. The third kappa shape index (κ3) is 6.21. The maximum absolute atomic E-state index is 14.3. The highest BCUT2D eigenvalue weighted by atomic mass is 32.2. The number of thioether (sulfide) groups is 1. The van der Waals surface area contributed by atoms with Gasteiger partial charge in [0, 0.05) is 16.7 Å². The number of halogens is 3. The molecule has 0 bridgehead atoms. The van der Waals surface area contributed by atoms with Crippen LogP contribution in [0, 0.1) is 51.8 Å². The van der Waals surface area contributed by atoms with Gasteiger partial charge in [0.2, 0.25) is 0 Å². The summed E-state index contributed by atoms with van der Waals surface area (Å²) in [5.41, 5.74) is 2.15. The largest absolute Gasteiger partial charge is 0.206 e. The Balaban J connectivity index is 1.73. The van der Waals surface area contributed by atoms with Gasteiger partial charge in [-0.1, -0.05) is 37.0 Å². The number of rotatable bonds is 4. The molecule has 0 atom stereocenters. The summed E-state index contributed by atoms with van der Waals surface area (Å²) in [5, 5.41) is 10.5. The van der Waals surface area contributed by atoms with Crippen LogP contribution in [0.25, 0.3) is 0 Å². The van der Waals surface area contributed by atoms with Gasteiger partial charge in [0.1, 0.15) is 22.9 Å². The van der Waals surface area contributed by atoms with E-state index in [0.717, 1.165) is 24.6 Å². The molecule has 0 N–H and O–H groups in total. The van der Waals surface area contributed by atoms with Gasteiger partial charge in [-0.25, -0.2) is 13.2 Å². The quantitative estimate of drug-likeness (QED) is 0.250. The van der Waals surface area contributed by atoms with E-state index >= 15 is 0 Å². The van der Waals surface area contributed by atoms with Crippen LogP contribution in [-0.4, -0.2) is 0 Å². The van der Waals surface area contributed by atoms with Crippen molar-refractivity contribution >= 4 is 11.8 Å². The summed E-state index contributed by atoms with van der Waals surface area (Å²) < 4.78 is 42.4. The van der Waals surface area contributed by atoms with E-state index in [1.165, 1.54) is 24.3 Å². The molecule has 0 spiro atoms. The number of aryl methyl sites for hydroxylation is 1. The fourth-order valence-electron chi connectivity index (χ4n) is 2.90. The lowest BCUT2D eigenvalue weighted by atomic mass is 10.0. The third-order valence-electron chi connectivity index (χ3n) is 4.58. The predicted molar refractivity (Wildman–Crippen MR) is 121 cm³/mol. The first-order valence-electron chi connectivity index (χ1n) is 9.97. The monoisotopic (exact) mass is 445 g/mol. The number of hydrogen-bond acceptors (Lipinski definition) is 2. The average Bonchev–Trinajstić information content (AvgIpc) is 2.78. The van der Waals surface area contributed by atoms with Gasteiger partial charge in [0.05, 0.1) is 10.5 Å². The molecule has 0 heterocycles. The summed E-state index contributed by atoms with van der Waals surface area (Å²) in [6.45, 7) is 2.03. The molecule has 0 aliphatic carbocycles. The van der Waals surface area contributed by atoms with Crippen molar-refractivity contribution in [2.24, 2.45) is 0 Å². The number of thiocyanates is 1. The van der Waals surface area contributed by atoms with Gasteiger partial charge in [-0.3, -0.25) is 0 Å². The number of hydrogen-bond donors (Lipinski definition) is 0. The molecule has 3 rings (SSSR count). The van der Waals surface area contributed by atoms with Gasteiger partial charge >= 0.3 is 0 Å². The maximum Gasteiger partial charge on any atom is 0.142 e. The molecule has 0 fully saturated rings. The Kier molecular flexibility index (Phi) is 8.04. The minimum atomic E-state index is -0.655. The van der Waals surface area contributed by atoms with Crippen LogP contribution in [0.1, 0.15) is 47.6 Å². The zero-order chi connectivity index (χ0) is 22.9. The van der Waals surface area contributed by atoms with Crippen LogP contribution in [0.15, 0.2) is 59.5 Å². The van der Waals surface area contributed by atoms with Crippen LogP contribution in [0.3, 0.4) is 0 Å². The Morgan fingerprint density at radius 1 is 0.750 bits per heavy atom. The number of unbranched alkanes of at least 4 members (excludes halogenated alkanes) is 1. The molecule has 0 aliphatic rings. The minimum absolute atomic E-state index is 0.242. The van der Waals surface area contributed by atoms with Crippen LogP contribution >= 0.6 is 11.8 Å².